The number of carbonyl (C=O) groups is 1. The maximum atomic E-state index is 14.3. The van der Waals surface area contributed by atoms with Crippen LogP contribution in [-0.2, 0) is 9.53 Å². The molecule has 11 heteroatoms. The summed E-state index contributed by atoms with van der Waals surface area (Å²) in [6.07, 6.45) is 1.19. The Bertz CT molecular complexity index is 891. The third kappa shape index (κ3) is 4.99. The van der Waals surface area contributed by atoms with E-state index in [9.17, 15) is 22.4 Å². The van der Waals surface area contributed by atoms with E-state index in [0.717, 1.165) is 38.8 Å². The molecule has 0 aromatic heterocycles. The number of hydrogen-bond donors (Lipinski definition) is 2. The summed E-state index contributed by atoms with van der Waals surface area (Å²) in [5.41, 5.74) is 5.35. The fourth-order valence-corrected chi connectivity index (χ4v) is 8.74. The lowest BCUT2D eigenvalue weighted by Gasteiger charge is -2.52. The number of fused-ring (bicyclic) bond motifs is 1. The van der Waals surface area contributed by atoms with Gasteiger partial charge in [0.05, 0.1) is 32.0 Å². The molecule has 7 unspecified atom stereocenters. The monoisotopic (exact) mass is 545 g/mol. The van der Waals surface area contributed by atoms with Crippen LogP contribution in [0.15, 0.2) is 0 Å². The molecule has 4 aliphatic heterocycles. The summed E-state index contributed by atoms with van der Waals surface area (Å²) in [5, 5.41) is 0. The molecule has 0 aromatic rings. The van der Waals surface area contributed by atoms with Crippen LogP contribution < -0.4 is 10.9 Å². The Morgan fingerprint density at radius 2 is 1.89 bits per heavy atom. The normalized spacial score (nSPS) is 41.6. The van der Waals surface area contributed by atoms with Gasteiger partial charge in [-0.05, 0) is 70.3 Å². The Balaban J connectivity index is 1.14. The van der Waals surface area contributed by atoms with Gasteiger partial charge in [-0.25, -0.2) is 15.2 Å². The SMILES string of the molecule is CN1CNNC1CC1(C2CCCC(N3CC4C(CC(CN5CC(C)(F)C5)CC4C(F)(F)F)C3=O)C2)COC1. The van der Waals surface area contributed by atoms with Gasteiger partial charge in [0.2, 0.25) is 5.91 Å². The molecule has 2 aliphatic carbocycles. The van der Waals surface area contributed by atoms with E-state index in [1.54, 1.807) is 0 Å². The summed E-state index contributed by atoms with van der Waals surface area (Å²) in [4.78, 5) is 19.7. The Hall–Kier alpha value is -1.01. The van der Waals surface area contributed by atoms with Crippen LogP contribution in [-0.4, -0.2) is 97.8 Å². The second-order valence-corrected chi connectivity index (χ2v) is 13.7. The smallest absolute Gasteiger partial charge is 0.380 e. The summed E-state index contributed by atoms with van der Waals surface area (Å²) in [6, 6.07) is 0.00618. The van der Waals surface area contributed by atoms with Gasteiger partial charge in [-0.1, -0.05) is 6.42 Å². The number of amides is 1. The van der Waals surface area contributed by atoms with Crippen LogP contribution in [0.2, 0.25) is 0 Å². The highest BCUT2D eigenvalue weighted by molar-refractivity contribution is 5.82. The molecule has 4 saturated heterocycles. The number of nitrogens with zero attached hydrogens (tertiary/aromatic N) is 3. The van der Waals surface area contributed by atoms with Gasteiger partial charge in [0.15, 0.2) is 0 Å². The second-order valence-electron chi connectivity index (χ2n) is 13.7. The topological polar surface area (TPSA) is 60.1 Å². The van der Waals surface area contributed by atoms with Crippen LogP contribution in [0.4, 0.5) is 17.6 Å². The van der Waals surface area contributed by atoms with E-state index < -0.39 is 29.6 Å². The zero-order valence-electron chi connectivity index (χ0n) is 22.6. The van der Waals surface area contributed by atoms with E-state index in [-0.39, 0.29) is 55.5 Å². The molecule has 0 spiro atoms. The van der Waals surface area contributed by atoms with Crippen molar-refractivity contribution in [1.82, 2.24) is 25.6 Å². The number of halogens is 4. The minimum atomic E-state index is -4.32. The first kappa shape index (κ1) is 27.2. The highest BCUT2D eigenvalue weighted by Gasteiger charge is 2.59. The molecule has 0 bridgehead atoms. The van der Waals surface area contributed by atoms with Crippen molar-refractivity contribution in [2.45, 2.75) is 75.9 Å². The van der Waals surface area contributed by atoms with Crippen LogP contribution in [0.25, 0.3) is 0 Å². The Morgan fingerprint density at radius 1 is 1.13 bits per heavy atom. The summed E-state index contributed by atoms with van der Waals surface area (Å²) < 4.78 is 62.5. The van der Waals surface area contributed by atoms with Crippen LogP contribution in [0.3, 0.4) is 0 Å². The minimum Gasteiger partial charge on any atom is -0.380 e. The number of likely N-dealkylation sites (tertiary alicyclic amines) is 2. The van der Waals surface area contributed by atoms with Crippen LogP contribution in [0.1, 0.15) is 51.9 Å². The van der Waals surface area contributed by atoms with Gasteiger partial charge in [0, 0.05) is 43.6 Å². The van der Waals surface area contributed by atoms with E-state index in [1.165, 1.54) is 6.92 Å². The fraction of sp³-hybridized carbons (Fsp3) is 0.963. The second kappa shape index (κ2) is 9.82. The van der Waals surface area contributed by atoms with E-state index in [1.807, 2.05) is 9.80 Å². The molecule has 0 aromatic carbocycles. The minimum absolute atomic E-state index is 0.00618. The fourth-order valence-electron chi connectivity index (χ4n) is 8.74. The van der Waals surface area contributed by atoms with E-state index in [0.29, 0.717) is 32.1 Å². The van der Waals surface area contributed by atoms with Crippen LogP contribution >= 0.6 is 0 Å². The van der Waals surface area contributed by atoms with Crippen molar-refractivity contribution < 1.29 is 27.1 Å². The number of carbonyl (C=O) groups excluding carboxylic acids is 1. The van der Waals surface area contributed by atoms with Gasteiger partial charge in [0.25, 0.3) is 0 Å². The number of alkyl halides is 4. The molecular formula is C27H43F4N5O2. The maximum absolute atomic E-state index is 14.3. The molecule has 6 rings (SSSR count). The third-order valence-electron chi connectivity index (χ3n) is 10.7. The third-order valence-corrected chi connectivity index (χ3v) is 10.7. The summed E-state index contributed by atoms with van der Waals surface area (Å²) in [5.74, 6) is -2.58. The van der Waals surface area contributed by atoms with Crippen molar-refractivity contribution >= 4 is 5.91 Å². The molecule has 4 heterocycles. The highest BCUT2D eigenvalue weighted by atomic mass is 19.4. The molecule has 7 nitrogen and oxygen atoms in total. The van der Waals surface area contributed by atoms with Gasteiger partial charge < -0.3 is 9.64 Å². The first-order chi connectivity index (χ1) is 17.9. The summed E-state index contributed by atoms with van der Waals surface area (Å²) in [6.45, 7) is 4.96. The molecule has 2 N–H and O–H groups in total. The van der Waals surface area contributed by atoms with Gasteiger partial charge in [-0.2, -0.15) is 13.2 Å². The van der Waals surface area contributed by atoms with E-state index >= 15 is 0 Å². The quantitative estimate of drug-likeness (QED) is 0.501. The number of ether oxygens (including phenoxy) is 1. The van der Waals surface area contributed by atoms with Gasteiger partial charge in [-0.15, -0.1) is 0 Å². The lowest BCUT2D eigenvalue weighted by atomic mass is 9.64. The summed E-state index contributed by atoms with van der Waals surface area (Å²) in [7, 11) is 2.09. The average Bonchev–Trinajstić information content (AvgIpc) is 3.36. The Kier molecular flexibility index (Phi) is 7.02. The Labute approximate surface area is 222 Å². The number of nitrogens with one attached hydrogen (secondary N) is 2. The average molecular weight is 546 g/mol. The molecular weight excluding hydrogens is 502 g/mol. The van der Waals surface area contributed by atoms with Crippen molar-refractivity contribution in [2.24, 2.45) is 35.0 Å². The predicted molar refractivity (Wildman–Crippen MR) is 133 cm³/mol. The zero-order chi connectivity index (χ0) is 26.9. The first-order valence-corrected chi connectivity index (χ1v) is 14.5. The molecule has 7 atom stereocenters. The lowest BCUT2D eigenvalue weighted by molar-refractivity contribution is -0.205. The maximum Gasteiger partial charge on any atom is 0.392 e. The standard InChI is InChI=1S/C27H43F4N5O2/c1-25(28)12-35(13-25)10-17-6-20-21(22(7-17)27(29,30)31)11-36(24(20)37)19-5-3-4-18(8-19)26(14-38-15-26)9-23-33-32-16-34(23)2/h17-23,32-33H,3-16H2,1-2H3. The van der Waals surface area contributed by atoms with Crippen molar-refractivity contribution in [3.05, 3.63) is 0 Å². The molecule has 2 saturated carbocycles. The van der Waals surface area contributed by atoms with Crippen molar-refractivity contribution in [3.8, 4) is 0 Å². The van der Waals surface area contributed by atoms with Gasteiger partial charge in [-0.3, -0.25) is 14.6 Å². The van der Waals surface area contributed by atoms with E-state index in [2.05, 4.69) is 22.8 Å². The molecule has 6 aliphatic rings. The molecule has 1 amide bonds. The molecule has 38 heavy (non-hydrogen) atoms. The molecule has 6 fully saturated rings. The zero-order valence-corrected chi connectivity index (χ0v) is 22.6. The number of hydrazine groups is 1. The van der Waals surface area contributed by atoms with Crippen LogP contribution in [0, 0.1) is 35.0 Å². The van der Waals surface area contributed by atoms with Crippen molar-refractivity contribution in [1.29, 1.82) is 0 Å². The summed E-state index contributed by atoms with van der Waals surface area (Å²) >= 11 is 0. The van der Waals surface area contributed by atoms with E-state index in [4.69, 9.17) is 4.74 Å². The first-order valence-electron chi connectivity index (χ1n) is 14.5. The van der Waals surface area contributed by atoms with Gasteiger partial charge in [0.1, 0.15) is 5.67 Å². The number of rotatable bonds is 6. The van der Waals surface area contributed by atoms with Crippen molar-refractivity contribution in [2.75, 3.05) is 53.1 Å². The van der Waals surface area contributed by atoms with Crippen LogP contribution in [0.5, 0.6) is 0 Å². The molecule has 0 radical (unpaired) electrons. The molecule has 216 valence electrons. The number of hydrogen-bond acceptors (Lipinski definition) is 6. The predicted octanol–water partition coefficient (Wildman–Crippen LogP) is 2.98. The van der Waals surface area contributed by atoms with Gasteiger partial charge >= 0.3 is 6.18 Å². The Morgan fingerprint density at radius 3 is 2.50 bits per heavy atom. The largest absolute Gasteiger partial charge is 0.392 e. The lowest BCUT2D eigenvalue weighted by Crippen LogP contribution is -2.58. The van der Waals surface area contributed by atoms with Crippen molar-refractivity contribution in [3.63, 3.8) is 0 Å². The highest BCUT2D eigenvalue weighted by Crippen LogP contribution is 2.53.